The molecular formula is C21H25N3O2. The quantitative estimate of drug-likeness (QED) is 0.850. The number of hydrogen-bond acceptors (Lipinski definition) is 4. The van der Waals surface area contributed by atoms with Crippen LogP contribution < -0.4 is 4.74 Å². The maximum Gasteiger partial charge on any atom is 0.219 e. The van der Waals surface area contributed by atoms with Gasteiger partial charge in [0.05, 0.1) is 18.8 Å². The van der Waals surface area contributed by atoms with Gasteiger partial charge in [-0.05, 0) is 17.5 Å². The predicted molar refractivity (Wildman–Crippen MR) is 99.6 cm³/mol. The number of carbonyl (C=O) groups is 1. The smallest absolute Gasteiger partial charge is 0.219 e. The van der Waals surface area contributed by atoms with Crippen LogP contribution in [-0.2, 0) is 11.3 Å². The maximum atomic E-state index is 12.2. The van der Waals surface area contributed by atoms with E-state index in [2.05, 4.69) is 39.0 Å². The lowest BCUT2D eigenvalue weighted by atomic mass is 9.89. The van der Waals surface area contributed by atoms with Gasteiger partial charge in [0.15, 0.2) is 0 Å². The number of rotatable bonds is 4. The van der Waals surface area contributed by atoms with Crippen molar-refractivity contribution in [2.75, 3.05) is 26.7 Å². The number of pyridine rings is 1. The molecule has 0 aliphatic carbocycles. The summed E-state index contributed by atoms with van der Waals surface area (Å²) in [5.74, 6) is 2.02. The molecule has 1 aromatic carbocycles. The molecule has 2 fully saturated rings. The van der Waals surface area contributed by atoms with Gasteiger partial charge in [-0.15, -0.1) is 0 Å². The lowest BCUT2D eigenvalue weighted by Crippen LogP contribution is -2.34. The van der Waals surface area contributed by atoms with Gasteiger partial charge in [-0.3, -0.25) is 14.7 Å². The van der Waals surface area contributed by atoms with Gasteiger partial charge >= 0.3 is 0 Å². The van der Waals surface area contributed by atoms with Crippen LogP contribution in [0.3, 0.4) is 0 Å². The number of fused-ring (bicyclic) bond motifs is 1. The zero-order valence-corrected chi connectivity index (χ0v) is 15.3. The van der Waals surface area contributed by atoms with Crippen molar-refractivity contribution in [2.45, 2.75) is 19.5 Å². The van der Waals surface area contributed by atoms with Crippen molar-refractivity contribution in [2.24, 2.45) is 11.8 Å². The van der Waals surface area contributed by atoms with Crippen LogP contribution in [0.4, 0.5) is 0 Å². The van der Waals surface area contributed by atoms with Crippen molar-refractivity contribution < 1.29 is 9.53 Å². The van der Waals surface area contributed by atoms with E-state index in [0.717, 1.165) is 37.6 Å². The van der Waals surface area contributed by atoms with E-state index in [4.69, 9.17) is 4.74 Å². The lowest BCUT2D eigenvalue weighted by Gasteiger charge is -2.29. The highest BCUT2D eigenvalue weighted by atomic mass is 16.5. The summed E-state index contributed by atoms with van der Waals surface area (Å²) in [6.45, 7) is 5.37. The number of hydrogen-bond donors (Lipinski definition) is 0. The molecule has 0 saturated carbocycles. The van der Waals surface area contributed by atoms with E-state index in [0.29, 0.717) is 11.8 Å². The molecule has 0 N–H and O–H groups in total. The fraction of sp³-hybridized carbons (Fsp3) is 0.429. The molecule has 2 saturated heterocycles. The van der Waals surface area contributed by atoms with E-state index >= 15 is 0 Å². The molecule has 0 spiro atoms. The number of ether oxygens (including phenoxy) is 1. The van der Waals surface area contributed by atoms with Crippen molar-refractivity contribution >= 4 is 5.91 Å². The monoisotopic (exact) mass is 351 g/mol. The van der Waals surface area contributed by atoms with Crippen molar-refractivity contribution in [1.82, 2.24) is 14.8 Å². The first-order valence-electron chi connectivity index (χ1n) is 9.19. The van der Waals surface area contributed by atoms with Gasteiger partial charge in [0.25, 0.3) is 0 Å². The minimum atomic E-state index is 0.175. The average molecular weight is 351 g/mol. The number of methoxy groups -OCH3 is 1. The Hall–Kier alpha value is -2.40. The highest BCUT2D eigenvalue weighted by Gasteiger charge is 2.48. The van der Waals surface area contributed by atoms with Gasteiger partial charge in [0, 0.05) is 51.3 Å². The Bertz CT molecular complexity index is 780. The molecule has 2 aliphatic rings. The summed E-state index contributed by atoms with van der Waals surface area (Å²) in [4.78, 5) is 21.2. The molecule has 2 aromatic rings. The Morgan fingerprint density at radius 1 is 1.19 bits per heavy atom. The molecule has 2 aliphatic heterocycles. The normalized spacial score (nSPS) is 25.3. The van der Waals surface area contributed by atoms with E-state index in [1.54, 1.807) is 20.2 Å². The van der Waals surface area contributed by atoms with Crippen LogP contribution in [-0.4, -0.2) is 47.4 Å². The SMILES string of the molecule is COc1ccnc(CN2C[C@@H]3CN(C(C)=O)[C@H](c4ccccc4)[C@@H]3C2)c1. The largest absolute Gasteiger partial charge is 0.497 e. The Morgan fingerprint density at radius 2 is 2.00 bits per heavy atom. The second kappa shape index (κ2) is 7.08. The zero-order chi connectivity index (χ0) is 18.1. The van der Waals surface area contributed by atoms with Gasteiger partial charge in [0.1, 0.15) is 5.75 Å². The Balaban J connectivity index is 1.52. The van der Waals surface area contributed by atoms with Crippen molar-refractivity contribution in [1.29, 1.82) is 0 Å². The summed E-state index contributed by atoms with van der Waals surface area (Å²) < 4.78 is 5.31. The molecule has 0 bridgehead atoms. The molecular weight excluding hydrogens is 326 g/mol. The van der Waals surface area contributed by atoms with Crippen LogP contribution in [0.25, 0.3) is 0 Å². The number of benzene rings is 1. The molecule has 3 heterocycles. The number of carbonyl (C=O) groups excluding carboxylic acids is 1. The number of nitrogens with zero attached hydrogens (tertiary/aromatic N) is 3. The number of likely N-dealkylation sites (tertiary alicyclic amines) is 2. The summed E-state index contributed by atoms with van der Waals surface area (Å²) >= 11 is 0. The minimum absolute atomic E-state index is 0.175. The topological polar surface area (TPSA) is 45.7 Å². The molecule has 3 atom stereocenters. The van der Waals surface area contributed by atoms with Gasteiger partial charge in [-0.2, -0.15) is 0 Å². The Labute approximate surface area is 154 Å². The van der Waals surface area contributed by atoms with Gasteiger partial charge in [-0.1, -0.05) is 30.3 Å². The second-order valence-electron chi connectivity index (χ2n) is 7.33. The van der Waals surface area contributed by atoms with E-state index < -0.39 is 0 Å². The lowest BCUT2D eigenvalue weighted by molar-refractivity contribution is -0.130. The molecule has 136 valence electrons. The molecule has 0 unspecified atom stereocenters. The summed E-state index contributed by atoms with van der Waals surface area (Å²) in [5.41, 5.74) is 2.28. The van der Waals surface area contributed by atoms with Crippen molar-refractivity contribution in [3.8, 4) is 5.75 Å². The van der Waals surface area contributed by atoms with Crippen LogP contribution in [0.15, 0.2) is 48.7 Å². The Kier molecular flexibility index (Phi) is 4.64. The van der Waals surface area contributed by atoms with Crippen LogP contribution in [0.1, 0.15) is 24.2 Å². The number of amides is 1. The van der Waals surface area contributed by atoms with Gasteiger partial charge < -0.3 is 9.64 Å². The van der Waals surface area contributed by atoms with Crippen molar-refractivity contribution in [3.05, 3.63) is 59.9 Å². The average Bonchev–Trinajstić information content (AvgIpc) is 3.19. The molecule has 5 nitrogen and oxygen atoms in total. The molecule has 1 amide bonds. The summed E-state index contributed by atoms with van der Waals surface area (Å²) in [7, 11) is 1.68. The van der Waals surface area contributed by atoms with Crippen LogP contribution in [0.2, 0.25) is 0 Å². The highest BCUT2D eigenvalue weighted by Crippen LogP contribution is 2.45. The van der Waals surface area contributed by atoms with E-state index in [1.807, 2.05) is 18.2 Å². The summed E-state index contributed by atoms with van der Waals surface area (Å²) in [6, 6.07) is 14.5. The van der Waals surface area contributed by atoms with Crippen LogP contribution >= 0.6 is 0 Å². The summed E-state index contributed by atoms with van der Waals surface area (Å²) in [5, 5.41) is 0. The van der Waals surface area contributed by atoms with E-state index in [9.17, 15) is 4.79 Å². The standard InChI is InChI=1S/C21H25N3O2/c1-15(25)24-12-17-11-23(13-18-10-19(26-2)8-9-22-18)14-20(17)21(24)16-6-4-3-5-7-16/h3-10,17,20-21H,11-14H2,1-2H3/t17-,20-,21-/m1/s1. The Morgan fingerprint density at radius 3 is 2.73 bits per heavy atom. The minimum Gasteiger partial charge on any atom is -0.497 e. The second-order valence-corrected chi connectivity index (χ2v) is 7.33. The zero-order valence-electron chi connectivity index (χ0n) is 15.3. The molecule has 4 rings (SSSR count). The third-order valence-electron chi connectivity index (χ3n) is 5.69. The van der Waals surface area contributed by atoms with Gasteiger partial charge in [0.2, 0.25) is 5.91 Å². The predicted octanol–water partition coefficient (Wildman–Crippen LogP) is 2.74. The first-order chi connectivity index (χ1) is 12.7. The fourth-order valence-corrected chi connectivity index (χ4v) is 4.57. The maximum absolute atomic E-state index is 12.2. The first kappa shape index (κ1) is 17.0. The molecule has 1 aromatic heterocycles. The third kappa shape index (κ3) is 3.19. The molecule has 5 heteroatoms. The highest BCUT2D eigenvalue weighted by molar-refractivity contribution is 5.74. The fourth-order valence-electron chi connectivity index (χ4n) is 4.57. The van der Waals surface area contributed by atoms with E-state index in [-0.39, 0.29) is 11.9 Å². The van der Waals surface area contributed by atoms with Crippen molar-refractivity contribution in [3.63, 3.8) is 0 Å². The third-order valence-corrected chi connectivity index (χ3v) is 5.69. The number of aromatic nitrogens is 1. The van der Waals surface area contributed by atoms with Crippen LogP contribution in [0.5, 0.6) is 5.75 Å². The van der Waals surface area contributed by atoms with E-state index in [1.165, 1.54) is 5.56 Å². The van der Waals surface area contributed by atoms with Crippen LogP contribution in [0, 0.1) is 11.8 Å². The molecule has 0 radical (unpaired) electrons. The summed E-state index contributed by atoms with van der Waals surface area (Å²) in [6.07, 6.45) is 1.80. The molecule has 26 heavy (non-hydrogen) atoms. The van der Waals surface area contributed by atoms with Gasteiger partial charge in [-0.25, -0.2) is 0 Å². The first-order valence-corrected chi connectivity index (χ1v) is 9.19.